The molecule has 2 rings (SSSR count). The van der Waals surface area contributed by atoms with Crippen molar-refractivity contribution in [2.75, 3.05) is 0 Å². The zero-order valence-corrected chi connectivity index (χ0v) is 12.5. The molecule has 0 fully saturated rings. The van der Waals surface area contributed by atoms with Crippen LogP contribution in [0.25, 0.3) is 0 Å². The van der Waals surface area contributed by atoms with Gasteiger partial charge in [-0.05, 0) is 30.0 Å². The van der Waals surface area contributed by atoms with Crippen LogP contribution in [0.1, 0.15) is 43.6 Å². The van der Waals surface area contributed by atoms with Crippen molar-refractivity contribution in [2.45, 2.75) is 40.3 Å². The first-order valence-corrected chi connectivity index (χ1v) is 6.85. The molecule has 1 aromatic carbocycles. The average molecular weight is 275 g/mol. The fourth-order valence-electron chi connectivity index (χ4n) is 2.35. The van der Waals surface area contributed by atoms with Crippen LogP contribution in [-0.4, -0.2) is 10.2 Å². The summed E-state index contributed by atoms with van der Waals surface area (Å²) in [7, 11) is 0. The van der Waals surface area contributed by atoms with Gasteiger partial charge in [0.1, 0.15) is 5.82 Å². The second kappa shape index (κ2) is 5.75. The van der Waals surface area contributed by atoms with Gasteiger partial charge in [-0.2, -0.15) is 5.10 Å². The molecule has 2 N–H and O–H groups in total. The fraction of sp³-hybridized carbons (Fsp3) is 0.438. The molecule has 4 heteroatoms. The van der Waals surface area contributed by atoms with Crippen LogP contribution in [0.3, 0.4) is 0 Å². The number of hydrogen-bond acceptors (Lipinski definition) is 2. The Kier molecular flexibility index (Phi) is 4.23. The Balaban J connectivity index is 2.16. The molecule has 1 atom stereocenters. The molecular formula is C16H22FN3. The zero-order chi connectivity index (χ0) is 14.8. The first-order chi connectivity index (χ1) is 9.38. The SMILES string of the molecule is Cc1[nH]ncc1CN[C@H](c1ccc(F)cc1)C(C)(C)C. The number of rotatable bonds is 4. The quantitative estimate of drug-likeness (QED) is 0.892. The minimum absolute atomic E-state index is 0.0372. The molecule has 0 saturated heterocycles. The van der Waals surface area contributed by atoms with E-state index in [1.165, 1.54) is 12.1 Å². The van der Waals surface area contributed by atoms with Gasteiger partial charge in [0, 0.05) is 23.8 Å². The van der Waals surface area contributed by atoms with Crippen molar-refractivity contribution >= 4 is 0 Å². The summed E-state index contributed by atoms with van der Waals surface area (Å²) >= 11 is 0. The van der Waals surface area contributed by atoms with E-state index in [9.17, 15) is 4.39 Å². The summed E-state index contributed by atoms with van der Waals surface area (Å²) < 4.78 is 13.1. The molecule has 0 saturated carbocycles. The summed E-state index contributed by atoms with van der Waals surface area (Å²) in [6, 6.07) is 6.87. The molecule has 0 radical (unpaired) electrons. The summed E-state index contributed by atoms with van der Waals surface area (Å²) in [6.07, 6.45) is 1.84. The maximum absolute atomic E-state index is 13.1. The van der Waals surface area contributed by atoms with Crippen LogP contribution in [0.4, 0.5) is 4.39 Å². The first kappa shape index (κ1) is 14.7. The van der Waals surface area contributed by atoms with E-state index in [2.05, 4.69) is 36.3 Å². The lowest BCUT2D eigenvalue weighted by Crippen LogP contribution is -2.32. The van der Waals surface area contributed by atoms with Gasteiger partial charge in [-0.1, -0.05) is 32.9 Å². The number of halogens is 1. The summed E-state index contributed by atoms with van der Waals surface area (Å²) in [5.41, 5.74) is 3.36. The molecule has 1 heterocycles. The topological polar surface area (TPSA) is 40.7 Å². The number of nitrogens with zero attached hydrogens (tertiary/aromatic N) is 1. The summed E-state index contributed by atoms with van der Waals surface area (Å²) in [6.45, 7) is 9.28. The van der Waals surface area contributed by atoms with Crippen molar-refractivity contribution in [1.82, 2.24) is 15.5 Å². The van der Waals surface area contributed by atoms with Crippen LogP contribution in [-0.2, 0) is 6.54 Å². The number of H-pyrrole nitrogens is 1. The van der Waals surface area contributed by atoms with E-state index >= 15 is 0 Å². The predicted molar refractivity (Wildman–Crippen MR) is 78.8 cm³/mol. The number of hydrogen-bond donors (Lipinski definition) is 2. The Morgan fingerprint density at radius 3 is 2.40 bits per heavy atom. The first-order valence-electron chi connectivity index (χ1n) is 6.85. The lowest BCUT2D eigenvalue weighted by molar-refractivity contribution is 0.270. The molecule has 0 amide bonds. The van der Waals surface area contributed by atoms with Crippen LogP contribution in [0, 0.1) is 18.2 Å². The van der Waals surface area contributed by atoms with Crippen molar-refractivity contribution in [1.29, 1.82) is 0 Å². The maximum atomic E-state index is 13.1. The molecule has 0 unspecified atom stereocenters. The Labute approximate surface area is 119 Å². The van der Waals surface area contributed by atoms with Gasteiger partial charge < -0.3 is 5.32 Å². The van der Waals surface area contributed by atoms with Crippen molar-refractivity contribution in [3.05, 3.63) is 53.1 Å². The molecule has 2 aromatic rings. The second-order valence-electron chi connectivity index (χ2n) is 6.25. The third-order valence-corrected chi connectivity index (χ3v) is 3.50. The third kappa shape index (κ3) is 3.45. The molecule has 0 bridgehead atoms. The second-order valence-corrected chi connectivity index (χ2v) is 6.25. The smallest absolute Gasteiger partial charge is 0.123 e. The number of benzene rings is 1. The molecule has 0 aliphatic carbocycles. The molecule has 108 valence electrons. The van der Waals surface area contributed by atoms with Crippen LogP contribution < -0.4 is 5.32 Å². The molecule has 0 spiro atoms. The summed E-state index contributed by atoms with van der Waals surface area (Å²) in [5.74, 6) is -0.202. The van der Waals surface area contributed by atoms with E-state index in [1.807, 2.05) is 25.3 Å². The van der Waals surface area contributed by atoms with Crippen LogP contribution >= 0.6 is 0 Å². The van der Waals surface area contributed by atoms with Gasteiger partial charge in [0.05, 0.1) is 6.20 Å². The van der Waals surface area contributed by atoms with Gasteiger partial charge in [-0.25, -0.2) is 4.39 Å². The van der Waals surface area contributed by atoms with Gasteiger partial charge in [0.15, 0.2) is 0 Å². The Morgan fingerprint density at radius 1 is 1.25 bits per heavy atom. The number of nitrogens with one attached hydrogen (secondary N) is 2. The molecule has 3 nitrogen and oxygen atoms in total. The highest BCUT2D eigenvalue weighted by atomic mass is 19.1. The van der Waals surface area contributed by atoms with E-state index in [-0.39, 0.29) is 17.3 Å². The van der Waals surface area contributed by atoms with Crippen LogP contribution in [0.15, 0.2) is 30.5 Å². The van der Waals surface area contributed by atoms with Gasteiger partial charge in [0.2, 0.25) is 0 Å². The Hall–Kier alpha value is -1.68. The van der Waals surface area contributed by atoms with E-state index in [0.29, 0.717) is 0 Å². The van der Waals surface area contributed by atoms with E-state index in [1.54, 1.807) is 0 Å². The lowest BCUT2D eigenvalue weighted by atomic mass is 9.82. The predicted octanol–water partition coefficient (Wildman–Crippen LogP) is 3.73. The molecule has 1 aromatic heterocycles. The highest BCUT2D eigenvalue weighted by Gasteiger charge is 2.26. The monoisotopic (exact) mass is 275 g/mol. The molecule has 20 heavy (non-hydrogen) atoms. The van der Waals surface area contributed by atoms with Crippen LogP contribution in [0.2, 0.25) is 0 Å². The standard InChI is InChI=1S/C16H22FN3/c1-11-13(10-19-20-11)9-18-15(16(2,3)4)12-5-7-14(17)8-6-12/h5-8,10,15,18H,9H2,1-4H3,(H,19,20)/t15-/m1/s1. The van der Waals surface area contributed by atoms with Crippen molar-refractivity contribution < 1.29 is 4.39 Å². The van der Waals surface area contributed by atoms with E-state index < -0.39 is 0 Å². The Bertz CT molecular complexity index is 552. The number of aromatic nitrogens is 2. The summed E-state index contributed by atoms with van der Waals surface area (Å²) in [5, 5.41) is 10.5. The van der Waals surface area contributed by atoms with E-state index in [0.717, 1.165) is 23.4 Å². The average Bonchev–Trinajstić information content (AvgIpc) is 2.76. The van der Waals surface area contributed by atoms with Crippen molar-refractivity contribution in [3.63, 3.8) is 0 Å². The maximum Gasteiger partial charge on any atom is 0.123 e. The van der Waals surface area contributed by atoms with Gasteiger partial charge in [-0.15, -0.1) is 0 Å². The van der Waals surface area contributed by atoms with Gasteiger partial charge >= 0.3 is 0 Å². The van der Waals surface area contributed by atoms with Gasteiger partial charge in [-0.3, -0.25) is 5.10 Å². The van der Waals surface area contributed by atoms with Crippen LogP contribution in [0.5, 0.6) is 0 Å². The molecule has 0 aliphatic heterocycles. The van der Waals surface area contributed by atoms with E-state index in [4.69, 9.17) is 0 Å². The zero-order valence-electron chi connectivity index (χ0n) is 12.5. The molecule has 0 aliphatic rings. The minimum Gasteiger partial charge on any atom is -0.305 e. The fourth-order valence-corrected chi connectivity index (χ4v) is 2.35. The Morgan fingerprint density at radius 2 is 1.90 bits per heavy atom. The highest BCUT2D eigenvalue weighted by Crippen LogP contribution is 2.33. The summed E-state index contributed by atoms with van der Waals surface area (Å²) in [4.78, 5) is 0. The van der Waals surface area contributed by atoms with Crippen molar-refractivity contribution in [3.8, 4) is 0 Å². The van der Waals surface area contributed by atoms with Crippen molar-refractivity contribution in [2.24, 2.45) is 5.41 Å². The normalized spacial score (nSPS) is 13.4. The number of aromatic amines is 1. The lowest BCUT2D eigenvalue weighted by Gasteiger charge is -2.32. The highest BCUT2D eigenvalue weighted by molar-refractivity contribution is 5.22. The molecular weight excluding hydrogens is 253 g/mol. The third-order valence-electron chi connectivity index (χ3n) is 3.50. The number of aryl methyl sites for hydroxylation is 1. The largest absolute Gasteiger partial charge is 0.305 e. The van der Waals surface area contributed by atoms with Gasteiger partial charge in [0.25, 0.3) is 0 Å². The minimum atomic E-state index is -0.202.